The van der Waals surface area contributed by atoms with Crippen molar-refractivity contribution < 1.29 is 17.9 Å². The Morgan fingerprint density at radius 2 is 1.53 bits per heavy atom. The Bertz CT molecular complexity index is 1110. The van der Waals surface area contributed by atoms with E-state index in [0.29, 0.717) is 5.56 Å². The van der Waals surface area contributed by atoms with Gasteiger partial charge in [0.2, 0.25) is 10.0 Å². The van der Waals surface area contributed by atoms with Crippen LogP contribution in [0.2, 0.25) is 0 Å². The average molecular weight is 422 g/mol. The molecular weight excluding hydrogens is 398 g/mol. The van der Waals surface area contributed by atoms with Crippen molar-refractivity contribution in [3.05, 3.63) is 102 Å². The van der Waals surface area contributed by atoms with Crippen molar-refractivity contribution in [2.24, 2.45) is 0 Å². The molecule has 0 spiro atoms. The van der Waals surface area contributed by atoms with Gasteiger partial charge in [0.25, 0.3) is 0 Å². The molecule has 154 valence electrons. The number of ether oxygens (including phenoxy) is 1. The zero-order valence-corrected chi connectivity index (χ0v) is 17.5. The third kappa shape index (κ3) is 4.07. The number of ketones is 1. The zero-order chi connectivity index (χ0) is 21.1. The summed E-state index contributed by atoms with van der Waals surface area (Å²) in [6, 6.07) is 24.3. The molecule has 4 rings (SSSR count). The van der Waals surface area contributed by atoms with Crippen LogP contribution in [-0.4, -0.2) is 31.2 Å². The van der Waals surface area contributed by atoms with E-state index in [1.165, 1.54) is 4.31 Å². The number of hydrogen-bond donors (Lipinski definition) is 0. The molecule has 5 nitrogen and oxygen atoms in total. The predicted octanol–water partition coefficient (Wildman–Crippen LogP) is 4.36. The van der Waals surface area contributed by atoms with E-state index in [1.54, 1.807) is 48.5 Å². The number of hydrogen-bond acceptors (Lipinski definition) is 4. The standard InChI is InChI=1S/C24H23NO4S/c1-18-12-14-22(15-13-18)30(27,28)25-21(16-23(26)19-8-4-2-5-9-19)17-29-24(25)20-10-6-3-7-11-20/h2-15,21,24H,16-17H2,1H3/t21-,24+/m1/s1. The highest BCUT2D eigenvalue weighted by Crippen LogP contribution is 2.37. The summed E-state index contributed by atoms with van der Waals surface area (Å²) >= 11 is 0. The fourth-order valence-corrected chi connectivity index (χ4v) is 5.35. The maximum absolute atomic E-state index is 13.6. The lowest BCUT2D eigenvalue weighted by Crippen LogP contribution is -2.39. The predicted molar refractivity (Wildman–Crippen MR) is 115 cm³/mol. The monoisotopic (exact) mass is 421 g/mol. The molecule has 0 N–H and O–H groups in total. The van der Waals surface area contributed by atoms with Gasteiger partial charge < -0.3 is 4.74 Å². The molecule has 0 amide bonds. The summed E-state index contributed by atoms with van der Waals surface area (Å²) in [7, 11) is -3.87. The van der Waals surface area contributed by atoms with E-state index in [9.17, 15) is 13.2 Å². The number of carbonyl (C=O) groups excluding carboxylic acids is 1. The fourth-order valence-electron chi connectivity index (χ4n) is 3.66. The summed E-state index contributed by atoms with van der Waals surface area (Å²) in [5, 5.41) is 0. The Kier molecular flexibility index (Phi) is 5.81. The number of sulfonamides is 1. The van der Waals surface area contributed by atoms with Crippen LogP contribution in [-0.2, 0) is 14.8 Å². The topological polar surface area (TPSA) is 63.7 Å². The Morgan fingerprint density at radius 1 is 0.933 bits per heavy atom. The molecule has 1 saturated heterocycles. The van der Waals surface area contributed by atoms with Crippen LogP contribution in [0.3, 0.4) is 0 Å². The van der Waals surface area contributed by atoms with Crippen LogP contribution in [0.5, 0.6) is 0 Å². The van der Waals surface area contributed by atoms with Crippen LogP contribution in [0.4, 0.5) is 0 Å². The number of nitrogens with zero attached hydrogens (tertiary/aromatic N) is 1. The maximum atomic E-state index is 13.6. The number of carbonyl (C=O) groups is 1. The van der Waals surface area contributed by atoms with Gasteiger partial charge in [-0.3, -0.25) is 4.79 Å². The van der Waals surface area contributed by atoms with Gasteiger partial charge in [0.1, 0.15) is 0 Å². The van der Waals surface area contributed by atoms with E-state index in [2.05, 4.69) is 0 Å². The summed E-state index contributed by atoms with van der Waals surface area (Å²) in [5.41, 5.74) is 2.28. The van der Waals surface area contributed by atoms with Crippen molar-refractivity contribution >= 4 is 15.8 Å². The van der Waals surface area contributed by atoms with Gasteiger partial charge in [-0.2, -0.15) is 4.31 Å². The van der Waals surface area contributed by atoms with Crippen molar-refractivity contribution in [2.45, 2.75) is 30.5 Å². The lowest BCUT2D eigenvalue weighted by molar-refractivity contribution is 0.0680. The van der Waals surface area contributed by atoms with Crippen molar-refractivity contribution in [3.8, 4) is 0 Å². The highest BCUT2D eigenvalue weighted by atomic mass is 32.2. The molecule has 1 aliphatic heterocycles. The first-order chi connectivity index (χ1) is 14.5. The number of rotatable bonds is 6. The molecule has 0 bridgehead atoms. The van der Waals surface area contributed by atoms with E-state index in [-0.39, 0.29) is 23.7 Å². The van der Waals surface area contributed by atoms with Gasteiger partial charge in [-0.15, -0.1) is 0 Å². The molecule has 0 aliphatic carbocycles. The van der Waals surface area contributed by atoms with Gasteiger partial charge in [-0.25, -0.2) is 8.42 Å². The molecule has 0 aromatic heterocycles. The second-order valence-corrected chi connectivity index (χ2v) is 9.23. The van der Waals surface area contributed by atoms with Gasteiger partial charge in [-0.1, -0.05) is 78.4 Å². The van der Waals surface area contributed by atoms with E-state index >= 15 is 0 Å². The first-order valence-corrected chi connectivity index (χ1v) is 11.3. The SMILES string of the molecule is Cc1ccc(S(=O)(=O)N2[C@H](CC(=O)c3ccccc3)CO[C@H]2c2ccccc2)cc1. The van der Waals surface area contributed by atoms with Crippen LogP contribution >= 0.6 is 0 Å². The zero-order valence-electron chi connectivity index (χ0n) is 16.6. The molecule has 1 fully saturated rings. The van der Waals surface area contributed by atoms with Crippen LogP contribution in [0.15, 0.2) is 89.8 Å². The average Bonchev–Trinajstić information content (AvgIpc) is 3.19. The Labute approximate surface area is 177 Å². The Hall–Kier alpha value is -2.80. The number of aryl methyl sites for hydroxylation is 1. The van der Waals surface area contributed by atoms with Crippen molar-refractivity contribution in [1.29, 1.82) is 0 Å². The molecule has 3 aromatic carbocycles. The van der Waals surface area contributed by atoms with E-state index in [4.69, 9.17) is 4.74 Å². The highest BCUT2D eigenvalue weighted by Gasteiger charge is 2.44. The van der Waals surface area contributed by atoms with Gasteiger partial charge in [-0.05, 0) is 24.6 Å². The van der Waals surface area contributed by atoms with Crippen LogP contribution in [0, 0.1) is 6.92 Å². The summed E-state index contributed by atoms with van der Waals surface area (Å²) in [5.74, 6) is -0.109. The van der Waals surface area contributed by atoms with E-state index in [0.717, 1.165) is 11.1 Å². The summed E-state index contributed by atoms with van der Waals surface area (Å²) in [4.78, 5) is 13.0. The first-order valence-electron chi connectivity index (χ1n) is 9.82. The minimum atomic E-state index is -3.87. The van der Waals surface area contributed by atoms with Crippen LogP contribution in [0.1, 0.15) is 34.1 Å². The number of Topliss-reactive ketones (excluding diaryl/α,β-unsaturated/α-hetero) is 1. The van der Waals surface area contributed by atoms with Crippen molar-refractivity contribution in [2.75, 3.05) is 6.61 Å². The van der Waals surface area contributed by atoms with Crippen molar-refractivity contribution in [1.82, 2.24) is 4.31 Å². The van der Waals surface area contributed by atoms with Crippen molar-refractivity contribution in [3.63, 3.8) is 0 Å². The molecule has 30 heavy (non-hydrogen) atoms. The largest absolute Gasteiger partial charge is 0.356 e. The Balaban J connectivity index is 1.71. The van der Waals surface area contributed by atoms with Crippen LogP contribution < -0.4 is 0 Å². The summed E-state index contributed by atoms with van der Waals surface area (Å²) in [6.45, 7) is 2.06. The molecule has 0 radical (unpaired) electrons. The number of benzene rings is 3. The highest BCUT2D eigenvalue weighted by molar-refractivity contribution is 7.89. The minimum absolute atomic E-state index is 0.0540. The second kappa shape index (κ2) is 8.52. The first kappa shape index (κ1) is 20.5. The molecule has 0 unspecified atom stereocenters. The molecule has 1 aliphatic rings. The lowest BCUT2D eigenvalue weighted by atomic mass is 10.0. The lowest BCUT2D eigenvalue weighted by Gasteiger charge is -2.27. The molecule has 2 atom stereocenters. The van der Waals surface area contributed by atoms with E-state index < -0.39 is 22.3 Å². The van der Waals surface area contributed by atoms with Gasteiger partial charge in [0.05, 0.1) is 17.5 Å². The summed E-state index contributed by atoms with van der Waals surface area (Å²) in [6.07, 6.45) is -0.718. The molecular formula is C24H23NO4S. The van der Waals surface area contributed by atoms with Gasteiger partial charge in [0, 0.05) is 12.0 Å². The fraction of sp³-hybridized carbons (Fsp3) is 0.208. The van der Waals surface area contributed by atoms with Gasteiger partial charge in [0.15, 0.2) is 12.0 Å². The molecule has 0 saturated carbocycles. The third-order valence-corrected chi connectivity index (χ3v) is 7.15. The smallest absolute Gasteiger partial charge is 0.245 e. The second-order valence-electron chi connectivity index (χ2n) is 7.39. The molecule has 6 heteroatoms. The van der Waals surface area contributed by atoms with Crippen LogP contribution in [0.25, 0.3) is 0 Å². The third-order valence-electron chi connectivity index (χ3n) is 5.24. The molecule has 1 heterocycles. The quantitative estimate of drug-likeness (QED) is 0.555. The van der Waals surface area contributed by atoms with Gasteiger partial charge >= 0.3 is 0 Å². The normalized spacial score (nSPS) is 19.6. The maximum Gasteiger partial charge on any atom is 0.245 e. The molecule has 3 aromatic rings. The van der Waals surface area contributed by atoms with E-state index in [1.807, 2.05) is 43.3 Å². The Morgan fingerprint density at radius 3 is 2.17 bits per heavy atom. The summed E-state index contributed by atoms with van der Waals surface area (Å²) < 4.78 is 34.5. The minimum Gasteiger partial charge on any atom is -0.356 e.